The number of thiazole rings is 1. The zero-order valence-corrected chi connectivity index (χ0v) is 19.7. The third-order valence-corrected chi connectivity index (χ3v) is 5.75. The zero-order valence-electron chi connectivity index (χ0n) is 18.9. The van der Waals surface area contributed by atoms with Crippen molar-refractivity contribution in [3.05, 3.63) is 39.8 Å². The third-order valence-electron chi connectivity index (χ3n) is 4.70. The maximum absolute atomic E-state index is 5.66. The molecule has 0 aliphatic carbocycles. The minimum Gasteiger partial charge on any atom is -0.493 e. The van der Waals surface area contributed by atoms with Crippen molar-refractivity contribution in [3.8, 4) is 11.5 Å². The van der Waals surface area contributed by atoms with Crippen LogP contribution in [-0.4, -0.2) is 57.3 Å². The molecule has 1 unspecified atom stereocenters. The summed E-state index contributed by atoms with van der Waals surface area (Å²) in [6.45, 7) is 6.13. The molecule has 0 radical (unpaired) electrons. The highest BCUT2D eigenvalue weighted by Gasteiger charge is 2.12. The van der Waals surface area contributed by atoms with Crippen molar-refractivity contribution in [1.82, 2.24) is 15.2 Å². The molecular formula is C22H34N4O3S. The lowest BCUT2D eigenvalue weighted by molar-refractivity contribution is 0.119. The summed E-state index contributed by atoms with van der Waals surface area (Å²) < 4.78 is 16.4. The Labute approximate surface area is 184 Å². The number of ether oxygens (including phenoxy) is 3. The van der Waals surface area contributed by atoms with Crippen LogP contribution >= 0.6 is 11.3 Å². The predicted molar refractivity (Wildman–Crippen MR) is 123 cm³/mol. The largest absolute Gasteiger partial charge is 0.493 e. The summed E-state index contributed by atoms with van der Waals surface area (Å²) in [6, 6.07) is 6.11. The summed E-state index contributed by atoms with van der Waals surface area (Å²) in [5.41, 5.74) is 2.25. The first-order chi connectivity index (χ1) is 14.5. The van der Waals surface area contributed by atoms with Gasteiger partial charge in [-0.05, 0) is 44.4 Å². The van der Waals surface area contributed by atoms with Gasteiger partial charge in [-0.3, -0.25) is 4.99 Å². The number of aliphatic imine (C=N–C) groups is 1. The van der Waals surface area contributed by atoms with Crippen molar-refractivity contribution in [2.75, 3.05) is 41.5 Å². The average molecular weight is 435 g/mol. The van der Waals surface area contributed by atoms with Gasteiger partial charge in [0.1, 0.15) is 11.1 Å². The molecule has 0 spiro atoms. The molecule has 0 aliphatic heterocycles. The van der Waals surface area contributed by atoms with Crippen LogP contribution in [0.1, 0.15) is 42.6 Å². The molecule has 0 bridgehead atoms. The molecule has 166 valence electrons. The van der Waals surface area contributed by atoms with Crippen molar-refractivity contribution >= 4 is 17.3 Å². The summed E-state index contributed by atoms with van der Waals surface area (Å²) in [4.78, 5) is 11.1. The zero-order chi connectivity index (χ0) is 21.9. The molecular weight excluding hydrogens is 400 g/mol. The van der Waals surface area contributed by atoms with Gasteiger partial charge in [0, 0.05) is 33.1 Å². The van der Waals surface area contributed by atoms with Crippen LogP contribution in [-0.2, 0) is 17.7 Å². The molecule has 0 fully saturated rings. The number of methoxy groups -OCH3 is 2. The molecule has 0 aliphatic rings. The van der Waals surface area contributed by atoms with E-state index in [-0.39, 0.29) is 6.10 Å². The Kier molecular flexibility index (Phi) is 9.89. The fourth-order valence-corrected chi connectivity index (χ4v) is 3.86. The molecule has 1 atom stereocenters. The van der Waals surface area contributed by atoms with Crippen LogP contribution in [0.15, 0.2) is 28.6 Å². The van der Waals surface area contributed by atoms with Crippen LogP contribution in [0.3, 0.4) is 0 Å². The molecule has 2 rings (SSSR count). The molecule has 1 aromatic carbocycles. The monoisotopic (exact) mass is 434 g/mol. The smallest absolute Gasteiger partial charge is 0.193 e. The first-order valence-electron chi connectivity index (χ1n) is 10.2. The lowest BCUT2D eigenvalue weighted by Crippen LogP contribution is -2.39. The summed E-state index contributed by atoms with van der Waals surface area (Å²) in [5, 5.41) is 6.51. The number of nitrogens with one attached hydrogen (secondary N) is 1. The number of guanidine groups is 1. The Morgan fingerprint density at radius 3 is 2.77 bits per heavy atom. The minimum absolute atomic E-state index is 0.0210. The van der Waals surface area contributed by atoms with E-state index in [4.69, 9.17) is 14.2 Å². The highest BCUT2D eigenvalue weighted by Crippen LogP contribution is 2.28. The second kappa shape index (κ2) is 12.4. The van der Waals surface area contributed by atoms with E-state index in [1.165, 1.54) is 5.56 Å². The molecule has 1 heterocycles. The molecule has 0 saturated carbocycles. The fourth-order valence-electron chi connectivity index (χ4n) is 3.02. The van der Waals surface area contributed by atoms with Gasteiger partial charge >= 0.3 is 0 Å². The summed E-state index contributed by atoms with van der Waals surface area (Å²) in [7, 11) is 7.18. The summed E-state index contributed by atoms with van der Waals surface area (Å²) >= 11 is 1.63. The first-order valence-corrected chi connectivity index (χ1v) is 11.1. The van der Waals surface area contributed by atoms with Crippen LogP contribution in [0.4, 0.5) is 0 Å². The number of aryl methyl sites for hydroxylation is 1. The predicted octanol–water partition coefficient (Wildman–Crippen LogP) is 3.90. The van der Waals surface area contributed by atoms with Crippen LogP contribution in [0.25, 0.3) is 0 Å². The standard InChI is InChI=1S/C22H34N4O3S/c1-7-29-20-13-17(10-11-19(20)28-6)9-8-12-24-22(23-3)26(4)14-18-15-30-21(25-18)16(2)27-5/h10-11,13,15-16H,7-9,12,14H2,1-6H3,(H,23,24). The van der Waals surface area contributed by atoms with Crippen molar-refractivity contribution in [3.63, 3.8) is 0 Å². The Bertz CT molecular complexity index is 809. The van der Waals surface area contributed by atoms with Gasteiger partial charge in [-0.1, -0.05) is 6.07 Å². The third kappa shape index (κ3) is 6.88. The second-order valence-corrected chi connectivity index (χ2v) is 7.80. The molecule has 8 heteroatoms. The molecule has 1 aromatic heterocycles. The van der Waals surface area contributed by atoms with Gasteiger partial charge in [0.2, 0.25) is 0 Å². The van der Waals surface area contributed by atoms with Gasteiger partial charge in [-0.25, -0.2) is 4.98 Å². The topological polar surface area (TPSA) is 68.2 Å². The van der Waals surface area contributed by atoms with Gasteiger partial charge in [0.15, 0.2) is 17.5 Å². The Morgan fingerprint density at radius 2 is 2.10 bits per heavy atom. The van der Waals surface area contributed by atoms with Gasteiger partial charge in [-0.15, -0.1) is 11.3 Å². The number of hydrogen-bond acceptors (Lipinski definition) is 6. The second-order valence-electron chi connectivity index (χ2n) is 6.91. The Morgan fingerprint density at radius 1 is 1.30 bits per heavy atom. The molecule has 7 nitrogen and oxygen atoms in total. The van der Waals surface area contributed by atoms with Gasteiger partial charge in [0.05, 0.1) is 26.0 Å². The lowest BCUT2D eigenvalue weighted by atomic mass is 10.1. The lowest BCUT2D eigenvalue weighted by Gasteiger charge is -2.21. The van der Waals surface area contributed by atoms with Crippen LogP contribution in [0, 0.1) is 0 Å². The van der Waals surface area contributed by atoms with E-state index >= 15 is 0 Å². The van der Waals surface area contributed by atoms with Crippen LogP contribution in [0.5, 0.6) is 11.5 Å². The van der Waals surface area contributed by atoms with E-state index in [0.717, 1.165) is 47.5 Å². The number of aromatic nitrogens is 1. The van der Waals surface area contributed by atoms with Crippen molar-refractivity contribution in [2.24, 2.45) is 4.99 Å². The van der Waals surface area contributed by atoms with E-state index in [1.54, 1.807) is 32.6 Å². The Balaban J connectivity index is 1.82. The van der Waals surface area contributed by atoms with Crippen molar-refractivity contribution in [2.45, 2.75) is 39.3 Å². The highest BCUT2D eigenvalue weighted by molar-refractivity contribution is 7.09. The number of benzene rings is 1. The SMILES string of the molecule is CCOc1cc(CCCNC(=NC)N(C)Cc2csc(C(C)OC)n2)ccc1OC. The summed E-state index contributed by atoms with van der Waals surface area (Å²) in [5.74, 6) is 2.42. The first kappa shape index (κ1) is 24.0. The number of nitrogens with zero attached hydrogens (tertiary/aromatic N) is 3. The molecule has 0 saturated heterocycles. The van der Waals surface area contributed by atoms with E-state index in [2.05, 4.69) is 37.7 Å². The molecule has 30 heavy (non-hydrogen) atoms. The number of rotatable bonds is 11. The van der Waals surface area contributed by atoms with Crippen molar-refractivity contribution < 1.29 is 14.2 Å². The van der Waals surface area contributed by atoms with Gasteiger partial charge in [-0.2, -0.15) is 0 Å². The van der Waals surface area contributed by atoms with E-state index in [0.29, 0.717) is 13.2 Å². The maximum atomic E-state index is 5.66. The van der Waals surface area contributed by atoms with E-state index in [9.17, 15) is 0 Å². The number of hydrogen-bond donors (Lipinski definition) is 1. The van der Waals surface area contributed by atoms with E-state index < -0.39 is 0 Å². The minimum atomic E-state index is 0.0210. The fraction of sp³-hybridized carbons (Fsp3) is 0.545. The van der Waals surface area contributed by atoms with Gasteiger partial charge in [0.25, 0.3) is 0 Å². The van der Waals surface area contributed by atoms with E-state index in [1.807, 2.05) is 27.0 Å². The normalized spacial score (nSPS) is 12.5. The van der Waals surface area contributed by atoms with Crippen molar-refractivity contribution in [1.29, 1.82) is 0 Å². The highest BCUT2D eigenvalue weighted by atomic mass is 32.1. The average Bonchev–Trinajstić information content (AvgIpc) is 3.22. The summed E-state index contributed by atoms with van der Waals surface area (Å²) in [6.07, 6.45) is 1.95. The Hall–Kier alpha value is -2.32. The van der Waals surface area contributed by atoms with Crippen LogP contribution < -0.4 is 14.8 Å². The molecule has 1 N–H and O–H groups in total. The maximum Gasteiger partial charge on any atom is 0.193 e. The molecule has 2 aromatic rings. The molecule has 0 amide bonds. The van der Waals surface area contributed by atoms with Crippen LogP contribution in [0.2, 0.25) is 0 Å². The van der Waals surface area contributed by atoms with Gasteiger partial charge < -0.3 is 24.4 Å². The quantitative estimate of drug-likeness (QED) is 0.329.